The smallest absolute Gasteiger partial charge is 0.389 e. The van der Waals surface area contributed by atoms with Crippen LogP contribution in [0.3, 0.4) is 0 Å². The second-order valence-corrected chi connectivity index (χ2v) is 18.4. The first kappa shape index (κ1) is 53.1. The molecule has 1 heterocycles. The molecule has 8 nitrogen and oxygen atoms in total. The van der Waals surface area contributed by atoms with Gasteiger partial charge in [-0.3, -0.25) is 4.79 Å². The maximum atomic E-state index is 12.7. The van der Waals surface area contributed by atoms with Gasteiger partial charge in [-0.15, -0.1) is 0 Å². The van der Waals surface area contributed by atoms with Crippen LogP contribution in [0.15, 0.2) is 53.4 Å². The summed E-state index contributed by atoms with van der Waals surface area (Å²) in [5, 5.41) is 12.5. The van der Waals surface area contributed by atoms with Crippen LogP contribution in [0.2, 0.25) is 0 Å². The summed E-state index contributed by atoms with van der Waals surface area (Å²) >= 11 is 0. The molecule has 0 spiro atoms. The number of aliphatic carboxylic acids is 1. The van der Waals surface area contributed by atoms with Crippen molar-refractivity contribution in [2.24, 2.45) is 5.92 Å². The van der Waals surface area contributed by atoms with Gasteiger partial charge in [0.2, 0.25) is 10.0 Å². The molecular formula is C48H79F3N2O6S. The Morgan fingerprint density at radius 1 is 0.633 bits per heavy atom. The van der Waals surface area contributed by atoms with Gasteiger partial charge < -0.3 is 19.9 Å². The molecule has 0 unspecified atom stereocenters. The van der Waals surface area contributed by atoms with Crippen molar-refractivity contribution in [2.75, 3.05) is 38.2 Å². The third-order valence-corrected chi connectivity index (χ3v) is 13.0. The van der Waals surface area contributed by atoms with Crippen molar-refractivity contribution in [2.45, 2.75) is 192 Å². The molecule has 0 radical (unpaired) electrons. The summed E-state index contributed by atoms with van der Waals surface area (Å²) in [4.78, 5) is 11.3. The number of carboxylic acids is 1. The summed E-state index contributed by atoms with van der Waals surface area (Å²) in [5.41, 5.74) is 1.14. The molecule has 2 aromatic carbocycles. The van der Waals surface area contributed by atoms with Crippen LogP contribution in [0.1, 0.15) is 181 Å². The van der Waals surface area contributed by atoms with Crippen molar-refractivity contribution >= 4 is 21.7 Å². The first-order valence-corrected chi connectivity index (χ1v) is 24.9. The van der Waals surface area contributed by atoms with Crippen LogP contribution in [-0.2, 0) is 14.8 Å². The minimum atomic E-state index is -4.00. The van der Waals surface area contributed by atoms with E-state index >= 15 is 0 Å². The lowest BCUT2D eigenvalue weighted by Gasteiger charge is -2.29. The topological polar surface area (TPSA) is 105 Å². The average Bonchev–Trinajstić information content (AvgIpc) is 3.23. The van der Waals surface area contributed by atoms with Crippen molar-refractivity contribution < 1.29 is 41.0 Å². The van der Waals surface area contributed by atoms with Crippen LogP contribution < -0.4 is 14.8 Å². The Kier molecular flexibility index (Phi) is 29.0. The highest BCUT2D eigenvalue weighted by atomic mass is 32.2. The SMILES string of the molecule is CCCCCCCCCCNc1ccc(OCCCCCCCCCC(F)(F)F)cc1.CCCCCCCCCCOc1ccc(S(=O)(=O)N2CCC(C(=O)O)CC2)cc1. The number of halogens is 3. The van der Waals surface area contributed by atoms with Crippen LogP contribution in [0.4, 0.5) is 18.9 Å². The number of rotatable bonds is 33. The van der Waals surface area contributed by atoms with Gasteiger partial charge in [-0.2, -0.15) is 17.5 Å². The van der Waals surface area contributed by atoms with E-state index in [9.17, 15) is 26.4 Å². The summed E-state index contributed by atoms with van der Waals surface area (Å²) in [5.74, 6) is 0.273. The molecule has 12 heteroatoms. The van der Waals surface area contributed by atoms with E-state index in [1.54, 1.807) is 24.3 Å². The van der Waals surface area contributed by atoms with Crippen LogP contribution >= 0.6 is 0 Å². The second-order valence-electron chi connectivity index (χ2n) is 16.4. The van der Waals surface area contributed by atoms with E-state index in [4.69, 9.17) is 14.6 Å². The molecule has 0 aliphatic carbocycles. The molecule has 1 aliphatic heterocycles. The third-order valence-electron chi connectivity index (χ3n) is 11.1. The molecule has 1 fully saturated rings. The number of nitrogens with zero attached hydrogens (tertiary/aromatic N) is 1. The summed E-state index contributed by atoms with van der Waals surface area (Å²) in [6.07, 6.45) is 22.7. The monoisotopic (exact) mass is 869 g/mol. The van der Waals surface area contributed by atoms with Crippen molar-refractivity contribution in [1.29, 1.82) is 0 Å². The number of carbonyl (C=O) groups is 1. The number of anilines is 1. The lowest BCUT2D eigenvalue weighted by Crippen LogP contribution is -2.40. The molecule has 0 bridgehead atoms. The number of hydrogen-bond donors (Lipinski definition) is 2. The van der Waals surface area contributed by atoms with Crippen molar-refractivity contribution in [3.8, 4) is 11.5 Å². The van der Waals surface area contributed by atoms with Crippen LogP contribution in [0.25, 0.3) is 0 Å². The Morgan fingerprint density at radius 3 is 1.47 bits per heavy atom. The number of ether oxygens (including phenoxy) is 2. The molecule has 1 saturated heterocycles. The lowest BCUT2D eigenvalue weighted by atomic mass is 9.99. The maximum Gasteiger partial charge on any atom is 0.389 e. The van der Waals surface area contributed by atoms with E-state index in [0.717, 1.165) is 62.9 Å². The third kappa shape index (κ3) is 25.7. The normalized spacial score (nSPS) is 13.8. The van der Waals surface area contributed by atoms with Gasteiger partial charge in [-0.05, 0) is 87.1 Å². The molecule has 60 heavy (non-hydrogen) atoms. The van der Waals surface area contributed by atoms with Crippen LogP contribution in [0, 0.1) is 5.92 Å². The molecule has 344 valence electrons. The predicted octanol–water partition coefficient (Wildman–Crippen LogP) is 14.0. The molecule has 2 N–H and O–H groups in total. The molecule has 0 saturated carbocycles. The number of piperidine rings is 1. The molecule has 1 aliphatic rings. The van der Waals surface area contributed by atoms with E-state index in [1.165, 1.54) is 94.2 Å². The summed E-state index contributed by atoms with van der Waals surface area (Å²) in [6, 6.07) is 14.7. The fourth-order valence-electron chi connectivity index (χ4n) is 7.29. The molecule has 2 aromatic rings. The average molecular weight is 869 g/mol. The fraction of sp³-hybridized carbons (Fsp3) is 0.729. The Balaban J connectivity index is 0.000000414. The largest absolute Gasteiger partial charge is 0.494 e. The molecule has 0 aromatic heterocycles. The molecule has 3 rings (SSSR count). The van der Waals surface area contributed by atoms with Crippen molar-refractivity contribution in [1.82, 2.24) is 4.31 Å². The van der Waals surface area contributed by atoms with Gasteiger partial charge in [0.15, 0.2) is 0 Å². The first-order valence-electron chi connectivity index (χ1n) is 23.5. The van der Waals surface area contributed by atoms with Crippen molar-refractivity contribution in [3.63, 3.8) is 0 Å². The highest BCUT2D eigenvalue weighted by Crippen LogP contribution is 2.26. The number of carboxylic acid groups (broad SMARTS) is 1. The zero-order valence-electron chi connectivity index (χ0n) is 37.1. The molecule has 0 amide bonds. The number of unbranched alkanes of at least 4 members (excludes halogenated alkanes) is 20. The number of alkyl halides is 3. The molecule has 0 atom stereocenters. The second kappa shape index (κ2) is 32.7. The van der Waals surface area contributed by atoms with Crippen LogP contribution in [-0.4, -0.2) is 62.8 Å². The quantitative estimate of drug-likeness (QED) is 0.0688. The minimum absolute atomic E-state index is 0.228. The number of nitrogens with one attached hydrogen (secondary N) is 1. The van der Waals surface area contributed by atoms with Gasteiger partial charge in [0.25, 0.3) is 0 Å². The van der Waals surface area contributed by atoms with E-state index in [2.05, 4.69) is 31.3 Å². The number of benzene rings is 2. The van der Waals surface area contributed by atoms with Gasteiger partial charge in [-0.25, -0.2) is 8.42 Å². The van der Waals surface area contributed by atoms with Gasteiger partial charge in [0, 0.05) is 31.7 Å². The summed E-state index contributed by atoms with van der Waals surface area (Å²) < 4.78 is 74.5. The molecular weight excluding hydrogens is 790 g/mol. The summed E-state index contributed by atoms with van der Waals surface area (Å²) in [7, 11) is -3.59. The van der Waals surface area contributed by atoms with Gasteiger partial charge in [0.05, 0.1) is 24.0 Å². The van der Waals surface area contributed by atoms with E-state index in [1.807, 2.05) is 12.1 Å². The summed E-state index contributed by atoms with van der Waals surface area (Å²) in [6.45, 7) is 7.33. The highest BCUT2D eigenvalue weighted by Gasteiger charge is 2.32. The lowest BCUT2D eigenvalue weighted by molar-refractivity contribution is -0.143. The standard InChI is InChI=1S/C26H44F3NO.C22H35NO5S/c1-2-3-4-5-6-9-12-15-22-30-24-17-19-25(20-18-24)31-23-16-13-10-7-8-11-14-21-26(27,28)29;1-2-3-4-5-6-7-8-9-18-28-20-10-12-21(13-11-20)29(26,27)23-16-14-19(15-17-23)22(24)25/h17-20,30H,2-16,21-23H2,1H3;10-13,19H,2-9,14-18H2,1H3,(H,24,25). The Bertz CT molecular complexity index is 1450. The number of sulfonamides is 1. The van der Waals surface area contributed by atoms with Gasteiger partial charge in [-0.1, -0.05) is 136 Å². The van der Waals surface area contributed by atoms with Crippen LogP contribution in [0.5, 0.6) is 11.5 Å². The predicted molar refractivity (Wildman–Crippen MR) is 240 cm³/mol. The maximum absolute atomic E-state index is 12.7. The highest BCUT2D eigenvalue weighted by molar-refractivity contribution is 7.89. The minimum Gasteiger partial charge on any atom is -0.494 e. The van der Waals surface area contributed by atoms with Gasteiger partial charge >= 0.3 is 12.1 Å². The zero-order chi connectivity index (χ0) is 43.7. The first-order chi connectivity index (χ1) is 29.0. The van der Waals surface area contributed by atoms with Gasteiger partial charge in [0.1, 0.15) is 11.5 Å². The Morgan fingerprint density at radius 2 is 1.03 bits per heavy atom. The number of hydrogen-bond acceptors (Lipinski definition) is 6. The Hall–Kier alpha value is -2.99. The zero-order valence-corrected chi connectivity index (χ0v) is 37.9. The fourth-order valence-corrected chi connectivity index (χ4v) is 8.76. The van der Waals surface area contributed by atoms with E-state index < -0.39 is 34.5 Å². The van der Waals surface area contributed by atoms with Crippen molar-refractivity contribution in [3.05, 3.63) is 48.5 Å². The van der Waals surface area contributed by atoms with E-state index in [-0.39, 0.29) is 24.4 Å². The van der Waals surface area contributed by atoms with E-state index in [0.29, 0.717) is 38.2 Å². The Labute approximate surface area is 361 Å².